The second kappa shape index (κ2) is 7.89. The first-order valence-corrected chi connectivity index (χ1v) is 11.2. The summed E-state index contributed by atoms with van der Waals surface area (Å²) < 4.78 is 14.2. The fraction of sp³-hybridized carbons (Fsp3) is 0.455. The van der Waals surface area contributed by atoms with Crippen LogP contribution in [0.2, 0.25) is 0 Å². The van der Waals surface area contributed by atoms with Crippen LogP contribution in [0.4, 0.5) is 0 Å². The smallest absolute Gasteiger partial charge is 0.204 e. The molecule has 25 heavy (non-hydrogen) atoms. The van der Waals surface area contributed by atoms with Crippen LogP contribution in [-0.4, -0.2) is 6.04 Å². The van der Waals surface area contributed by atoms with Crippen LogP contribution in [0.25, 0.3) is 0 Å². The normalized spacial score (nSPS) is 24.4. The lowest BCUT2D eigenvalue weighted by molar-refractivity contribution is 0.188. The average Bonchev–Trinajstić information content (AvgIpc) is 2.63. The summed E-state index contributed by atoms with van der Waals surface area (Å²) in [6.07, 6.45) is 3.61. The topological polar surface area (TPSA) is 29.1 Å². The van der Waals surface area contributed by atoms with E-state index in [0.717, 1.165) is 17.0 Å². The van der Waals surface area contributed by atoms with Crippen molar-refractivity contribution in [1.29, 1.82) is 0 Å². The highest BCUT2D eigenvalue weighted by Crippen LogP contribution is 2.44. The number of benzene rings is 2. The summed E-state index contributed by atoms with van der Waals surface area (Å²) in [4.78, 5) is 0. The minimum absolute atomic E-state index is 0.301. The molecule has 1 aliphatic carbocycles. The molecule has 0 aromatic heterocycles. The maximum absolute atomic E-state index is 14.2. The molecule has 0 heterocycles. The molecule has 2 nitrogen and oxygen atoms in total. The van der Waals surface area contributed by atoms with Gasteiger partial charge in [-0.1, -0.05) is 63.6 Å². The van der Waals surface area contributed by atoms with E-state index in [0.29, 0.717) is 23.8 Å². The summed E-state index contributed by atoms with van der Waals surface area (Å²) in [5.41, 5.74) is 0. The maximum Gasteiger partial charge on any atom is 0.204 e. The van der Waals surface area contributed by atoms with Crippen LogP contribution in [0.15, 0.2) is 60.7 Å². The Morgan fingerprint density at radius 1 is 0.920 bits per heavy atom. The second-order valence-electron chi connectivity index (χ2n) is 7.84. The molecule has 0 aliphatic heterocycles. The van der Waals surface area contributed by atoms with Crippen LogP contribution < -0.4 is 15.7 Å². The van der Waals surface area contributed by atoms with Crippen LogP contribution in [0.1, 0.15) is 40.0 Å². The third-order valence-corrected chi connectivity index (χ3v) is 8.36. The summed E-state index contributed by atoms with van der Waals surface area (Å²) in [5.74, 6) is 1.87. The van der Waals surface area contributed by atoms with Crippen molar-refractivity contribution in [2.45, 2.75) is 46.1 Å². The van der Waals surface area contributed by atoms with Gasteiger partial charge in [0.2, 0.25) is 7.29 Å². The zero-order valence-electron chi connectivity index (χ0n) is 15.6. The van der Waals surface area contributed by atoms with E-state index in [2.05, 4.69) is 25.9 Å². The van der Waals surface area contributed by atoms with Gasteiger partial charge >= 0.3 is 0 Å². The second-order valence-corrected chi connectivity index (χ2v) is 10.4. The monoisotopic (exact) mass is 355 g/mol. The van der Waals surface area contributed by atoms with Crippen molar-refractivity contribution in [3.8, 4) is 0 Å². The molecule has 2 aromatic rings. The van der Waals surface area contributed by atoms with Gasteiger partial charge in [0.25, 0.3) is 0 Å². The number of hydrogen-bond acceptors (Lipinski definition) is 1. The van der Waals surface area contributed by atoms with Gasteiger partial charge < -0.3 is 0 Å². The van der Waals surface area contributed by atoms with Crippen molar-refractivity contribution >= 4 is 17.9 Å². The minimum atomic E-state index is -2.85. The van der Waals surface area contributed by atoms with E-state index in [4.69, 9.17) is 0 Å². The van der Waals surface area contributed by atoms with E-state index in [1.807, 2.05) is 60.7 Å². The Labute approximate surface area is 152 Å². The molecule has 1 saturated carbocycles. The van der Waals surface area contributed by atoms with Crippen molar-refractivity contribution in [3.63, 3.8) is 0 Å². The number of hydrogen-bond donors (Lipinski definition) is 1. The molecule has 0 saturated heterocycles. The van der Waals surface area contributed by atoms with Gasteiger partial charge in [-0.05, 0) is 54.9 Å². The van der Waals surface area contributed by atoms with Crippen LogP contribution in [-0.2, 0) is 4.57 Å². The standard InChI is InChI=1S/C22H30NOP/c1-17(2)21-15-14-18(3)16-22(21)23-25(24,19-10-6-4-7-11-19)20-12-8-5-9-13-20/h4-13,17-18,21-22H,14-16H2,1-3H3,(H,23,24)/t18-,21+,22-/m0/s1. The molecule has 134 valence electrons. The van der Waals surface area contributed by atoms with Crippen molar-refractivity contribution in [3.05, 3.63) is 60.7 Å². The summed E-state index contributed by atoms with van der Waals surface area (Å²) in [7, 11) is -2.85. The highest BCUT2D eigenvalue weighted by Gasteiger charge is 2.37. The molecule has 0 unspecified atom stereocenters. The van der Waals surface area contributed by atoms with Gasteiger partial charge in [-0.3, -0.25) is 9.65 Å². The molecule has 1 aliphatic rings. The fourth-order valence-electron chi connectivity index (χ4n) is 4.16. The average molecular weight is 355 g/mol. The Hall–Kier alpha value is -1.37. The molecule has 0 bridgehead atoms. The maximum atomic E-state index is 14.2. The van der Waals surface area contributed by atoms with E-state index < -0.39 is 7.29 Å². The quantitative estimate of drug-likeness (QED) is 0.768. The van der Waals surface area contributed by atoms with Crippen molar-refractivity contribution in [2.24, 2.45) is 17.8 Å². The Morgan fingerprint density at radius 2 is 1.44 bits per heavy atom. The van der Waals surface area contributed by atoms with E-state index in [-0.39, 0.29) is 0 Å². The van der Waals surface area contributed by atoms with Gasteiger partial charge in [0, 0.05) is 16.7 Å². The predicted octanol–water partition coefficient (Wildman–Crippen LogP) is 4.97. The third kappa shape index (κ3) is 4.07. The van der Waals surface area contributed by atoms with Crippen LogP contribution in [0, 0.1) is 17.8 Å². The van der Waals surface area contributed by atoms with Crippen molar-refractivity contribution < 1.29 is 4.57 Å². The van der Waals surface area contributed by atoms with E-state index in [1.54, 1.807) is 0 Å². The molecule has 3 heteroatoms. The molecule has 3 rings (SSSR count). The van der Waals surface area contributed by atoms with E-state index >= 15 is 0 Å². The Kier molecular flexibility index (Phi) is 5.81. The minimum Gasteiger partial charge on any atom is -0.297 e. The first-order valence-electron chi connectivity index (χ1n) is 9.50. The molecule has 1 fully saturated rings. The van der Waals surface area contributed by atoms with E-state index in [1.165, 1.54) is 12.8 Å². The number of rotatable bonds is 5. The Bertz CT molecular complexity index is 670. The molecule has 0 spiro atoms. The van der Waals surface area contributed by atoms with Gasteiger partial charge in [0.1, 0.15) is 0 Å². The Morgan fingerprint density at radius 3 is 1.92 bits per heavy atom. The lowest BCUT2D eigenvalue weighted by atomic mass is 9.74. The number of nitrogens with one attached hydrogen (secondary N) is 1. The fourth-order valence-corrected chi connectivity index (χ4v) is 6.70. The van der Waals surface area contributed by atoms with Gasteiger partial charge in [-0.25, -0.2) is 0 Å². The van der Waals surface area contributed by atoms with Crippen LogP contribution in [0.5, 0.6) is 0 Å². The largest absolute Gasteiger partial charge is 0.297 e. The molecule has 0 radical (unpaired) electrons. The predicted molar refractivity (Wildman–Crippen MR) is 108 cm³/mol. The van der Waals surface area contributed by atoms with Crippen molar-refractivity contribution in [2.75, 3.05) is 0 Å². The molecule has 3 atom stereocenters. The first-order chi connectivity index (χ1) is 12.0. The molecule has 2 aromatic carbocycles. The zero-order valence-corrected chi connectivity index (χ0v) is 16.5. The lowest BCUT2D eigenvalue weighted by Crippen LogP contribution is -2.44. The Balaban J connectivity index is 1.99. The highest BCUT2D eigenvalue weighted by molar-refractivity contribution is 7.76. The van der Waals surface area contributed by atoms with Gasteiger partial charge in [-0.2, -0.15) is 0 Å². The zero-order chi connectivity index (χ0) is 17.9. The first kappa shape index (κ1) is 18.4. The third-order valence-electron chi connectivity index (χ3n) is 5.61. The molecule has 1 N–H and O–H groups in total. The molecule has 0 amide bonds. The highest BCUT2D eigenvalue weighted by atomic mass is 31.2. The van der Waals surface area contributed by atoms with Gasteiger partial charge in [0.05, 0.1) is 0 Å². The van der Waals surface area contributed by atoms with E-state index in [9.17, 15) is 4.57 Å². The van der Waals surface area contributed by atoms with Gasteiger partial charge in [0.15, 0.2) is 0 Å². The summed E-state index contributed by atoms with van der Waals surface area (Å²) in [6.45, 7) is 6.91. The SMILES string of the molecule is CC(C)[C@H]1CC[C@H](C)C[C@@H]1NP(=O)(c1ccccc1)c1ccccc1. The summed E-state index contributed by atoms with van der Waals surface area (Å²) >= 11 is 0. The lowest BCUT2D eigenvalue weighted by Gasteiger charge is -2.40. The van der Waals surface area contributed by atoms with Crippen molar-refractivity contribution in [1.82, 2.24) is 5.09 Å². The molecular weight excluding hydrogens is 325 g/mol. The van der Waals surface area contributed by atoms with Crippen LogP contribution in [0.3, 0.4) is 0 Å². The summed E-state index contributed by atoms with van der Waals surface area (Å²) in [6, 6.07) is 20.2. The van der Waals surface area contributed by atoms with Crippen LogP contribution >= 0.6 is 7.29 Å². The molecular formula is C22H30NOP. The summed E-state index contributed by atoms with van der Waals surface area (Å²) in [5, 5.41) is 5.49. The van der Waals surface area contributed by atoms with Gasteiger partial charge in [-0.15, -0.1) is 0 Å².